The van der Waals surface area contributed by atoms with Gasteiger partial charge in [-0.25, -0.2) is 4.39 Å². The molecule has 1 N–H and O–H groups in total. The number of hydrogen-bond donors (Lipinski definition) is 1. The van der Waals surface area contributed by atoms with Gasteiger partial charge in [-0.05, 0) is 55.2 Å². The summed E-state index contributed by atoms with van der Waals surface area (Å²) in [4.78, 5) is 0. The molecule has 1 aromatic rings. The summed E-state index contributed by atoms with van der Waals surface area (Å²) in [6, 6.07) is 4.67. The number of halogens is 1. The van der Waals surface area contributed by atoms with Gasteiger partial charge in [0.05, 0.1) is 0 Å². The fourth-order valence-corrected chi connectivity index (χ4v) is 3.15. The van der Waals surface area contributed by atoms with Gasteiger partial charge in [-0.2, -0.15) is 5.26 Å². The average Bonchev–Trinajstić information content (AvgIpc) is 2.39. The van der Waals surface area contributed by atoms with Crippen molar-refractivity contribution in [1.82, 2.24) is 0 Å². The first-order valence-corrected chi connectivity index (χ1v) is 7.08. The second kappa shape index (κ2) is 6.06. The van der Waals surface area contributed by atoms with Gasteiger partial charge in [0.25, 0.3) is 0 Å². The van der Waals surface area contributed by atoms with E-state index < -0.39 is 5.82 Å². The third kappa shape index (κ3) is 3.07. The molecule has 1 aromatic carbocycles. The highest BCUT2D eigenvalue weighted by Crippen LogP contribution is 2.39. The van der Waals surface area contributed by atoms with Crippen molar-refractivity contribution in [3.05, 3.63) is 29.1 Å². The minimum absolute atomic E-state index is 0.229. The maximum absolute atomic E-state index is 13.7. The summed E-state index contributed by atoms with van der Waals surface area (Å²) in [5.41, 5.74) is 0.590. The van der Waals surface area contributed by atoms with Gasteiger partial charge >= 0.3 is 0 Å². The Kier molecular flexibility index (Phi) is 4.42. The summed E-state index contributed by atoms with van der Waals surface area (Å²) in [7, 11) is 0. The molecule has 0 radical (unpaired) electrons. The number of phenols is 1. The van der Waals surface area contributed by atoms with Crippen molar-refractivity contribution in [2.24, 2.45) is 5.92 Å². The predicted molar refractivity (Wildman–Crippen MR) is 72.4 cm³/mol. The monoisotopic (exact) mass is 261 g/mol. The molecule has 0 unspecified atom stereocenters. The van der Waals surface area contributed by atoms with Gasteiger partial charge in [0.15, 0.2) is 0 Å². The molecule has 0 saturated heterocycles. The molecule has 2 nitrogen and oxygen atoms in total. The first kappa shape index (κ1) is 13.9. The zero-order valence-corrected chi connectivity index (χ0v) is 11.3. The minimum Gasteiger partial charge on any atom is -0.506 e. The van der Waals surface area contributed by atoms with E-state index in [0.717, 1.165) is 24.3 Å². The van der Waals surface area contributed by atoms with Gasteiger partial charge in [-0.3, -0.25) is 0 Å². The molecule has 3 heteroatoms. The largest absolute Gasteiger partial charge is 0.506 e. The van der Waals surface area contributed by atoms with Gasteiger partial charge in [0, 0.05) is 0 Å². The van der Waals surface area contributed by atoms with Crippen LogP contribution >= 0.6 is 0 Å². The van der Waals surface area contributed by atoms with E-state index in [2.05, 4.69) is 6.92 Å². The van der Waals surface area contributed by atoms with Crippen LogP contribution in [-0.2, 0) is 0 Å². The van der Waals surface area contributed by atoms with Crippen molar-refractivity contribution in [2.75, 3.05) is 0 Å². The molecule has 1 fully saturated rings. The number of nitriles is 1. The molecule has 0 atom stereocenters. The minimum atomic E-state index is -0.604. The third-order valence-electron chi connectivity index (χ3n) is 4.22. The third-order valence-corrected chi connectivity index (χ3v) is 4.22. The quantitative estimate of drug-likeness (QED) is 0.872. The van der Waals surface area contributed by atoms with Crippen LogP contribution in [-0.4, -0.2) is 5.11 Å². The Hall–Kier alpha value is -1.56. The SMILES string of the molecule is CCC[C@H]1CC[C@H](c2cc(O)c(C#N)c(F)c2)CC1. The number of nitrogens with zero attached hydrogens (tertiary/aromatic N) is 1. The van der Waals surface area contributed by atoms with Crippen LogP contribution in [0.2, 0.25) is 0 Å². The Bertz CT molecular complexity index is 461. The van der Waals surface area contributed by atoms with E-state index in [-0.39, 0.29) is 11.3 Å². The first-order valence-electron chi connectivity index (χ1n) is 7.08. The Labute approximate surface area is 113 Å². The molecule has 0 bridgehead atoms. The van der Waals surface area contributed by atoms with Crippen LogP contribution in [0.4, 0.5) is 4.39 Å². The van der Waals surface area contributed by atoms with Crippen molar-refractivity contribution >= 4 is 0 Å². The van der Waals surface area contributed by atoms with Crippen LogP contribution in [0.5, 0.6) is 5.75 Å². The summed E-state index contributed by atoms with van der Waals surface area (Å²) in [6.45, 7) is 2.21. The molecule has 1 aliphatic carbocycles. The van der Waals surface area contributed by atoms with Gasteiger partial charge < -0.3 is 5.11 Å². The number of rotatable bonds is 3. The lowest BCUT2D eigenvalue weighted by atomic mass is 9.77. The summed E-state index contributed by atoms with van der Waals surface area (Å²) >= 11 is 0. The second-order valence-electron chi connectivity index (χ2n) is 5.51. The molecule has 0 spiro atoms. The zero-order chi connectivity index (χ0) is 13.8. The highest BCUT2D eigenvalue weighted by molar-refractivity contribution is 5.46. The lowest BCUT2D eigenvalue weighted by molar-refractivity contribution is 0.307. The van der Waals surface area contributed by atoms with E-state index in [0.29, 0.717) is 5.92 Å². The van der Waals surface area contributed by atoms with Crippen molar-refractivity contribution < 1.29 is 9.50 Å². The van der Waals surface area contributed by atoms with Gasteiger partial charge in [0.2, 0.25) is 0 Å². The molecular weight excluding hydrogens is 241 g/mol. The van der Waals surface area contributed by atoms with Crippen LogP contribution in [0.1, 0.15) is 62.5 Å². The molecule has 0 aromatic heterocycles. The number of benzene rings is 1. The Morgan fingerprint density at radius 3 is 2.53 bits per heavy atom. The van der Waals surface area contributed by atoms with Crippen molar-refractivity contribution in [3.8, 4) is 11.8 Å². The van der Waals surface area contributed by atoms with Crippen LogP contribution in [0.25, 0.3) is 0 Å². The molecule has 1 aliphatic rings. The van der Waals surface area contributed by atoms with Crippen molar-refractivity contribution in [3.63, 3.8) is 0 Å². The maximum atomic E-state index is 13.7. The Morgan fingerprint density at radius 1 is 1.32 bits per heavy atom. The summed E-state index contributed by atoms with van der Waals surface area (Å²) < 4.78 is 13.7. The van der Waals surface area contributed by atoms with Crippen LogP contribution in [0, 0.1) is 23.1 Å². The lowest BCUT2D eigenvalue weighted by Gasteiger charge is -2.28. The van der Waals surface area contributed by atoms with E-state index in [4.69, 9.17) is 5.26 Å². The standard InChI is InChI=1S/C16H20FNO/c1-2-3-11-4-6-12(7-5-11)13-8-15(17)14(10-18)16(19)9-13/h8-9,11-12,19H,2-7H2,1H3/t11-,12-. The molecule has 19 heavy (non-hydrogen) atoms. The predicted octanol–water partition coefficient (Wildman–Crippen LogP) is 4.48. The maximum Gasteiger partial charge on any atom is 0.145 e. The fourth-order valence-electron chi connectivity index (χ4n) is 3.15. The van der Waals surface area contributed by atoms with Crippen molar-refractivity contribution in [2.45, 2.75) is 51.4 Å². The van der Waals surface area contributed by atoms with Crippen molar-refractivity contribution in [1.29, 1.82) is 5.26 Å². The molecule has 0 amide bonds. The number of aromatic hydroxyl groups is 1. The number of phenolic OH excluding ortho intramolecular Hbond substituents is 1. The molecule has 1 saturated carbocycles. The normalized spacial score (nSPS) is 23.0. The molecule has 2 rings (SSSR count). The smallest absolute Gasteiger partial charge is 0.145 e. The lowest BCUT2D eigenvalue weighted by Crippen LogP contribution is -2.13. The van der Waals surface area contributed by atoms with E-state index in [9.17, 15) is 9.50 Å². The summed E-state index contributed by atoms with van der Waals surface area (Å²) in [6.07, 6.45) is 6.97. The van der Waals surface area contributed by atoms with E-state index in [1.165, 1.54) is 31.7 Å². The van der Waals surface area contributed by atoms with Crippen LogP contribution < -0.4 is 0 Å². The van der Waals surface area contributed by atoms with Crippen LogP contribution in [0.3, 0.4) is 0 Å². The molecule has 0 heterocycles. The number of hydrogen-bond acceptors (Lipinski definition) is 2. The second-order valence-corrected chi connectivity index (χ2v) is 5.51. The fraction of sp³-hybridized carbons (Fsp3) is 0.562. The Balaban J connectivity index is 2.10. The zero-order valence-electron chi connectivity index (χ0n) is 11.3. The van der Waals surface area contributed by atoms with Gasteiger partial charge in [-0.15, -0.1) is 0 Å². The average molecular weight is 261 g/mol. The first-order chi connectivity index (χ1) is 9.15. The summed E-state index contributed by atoms with van der Waals surface area (Å²) in [5, 5.41) is 18.4. The highest BCUT2D eigenvalue weighted by atomic mass is 19.1. The van der Waals surface area contributed by atoms with Crippen LogP contribution in [0.15, 0.2) is 12.1 Å². The highest BCUT2D eigenvalue weighted by Gasteiger charge is 2.23. The molecular formula is C16H20FNO. The van der Waals surface area contributed by atoms with Gasteiger partial charge in [0.1, 0.15) is 23.2 Å². The van der Waals surface area contributed by atoms with E-state index in [1.54, 1.807) is 12.1 Å². The molecule has 0 aliphatic heterocycles. The summed E-state index contributed by atoms with van der Waals surface area (Å²) in [5.74, 6) is 0.292. The topological polar surface area (TPSA) is 44.0 Å². The molecule has 102 valence electrons. The Morgan fingerprint density at radius 2 is 2.00 bits per heavy atom. The van der Waals surface area contributed by atoms with Gasteiger partial charge in [-0.1, -0.05) is 19.8 Å². The van der Waals surface area contributed by atoms with E-state index >= 15 is 0 Å². The van der Waals surface area contributed by atoms with E-state index in [1.807, 2.05) is 0 Å².